The van der Waals surface area contributed by atoms with Crippen molar-refractivity contribution in [1.82, 2.24) is 0 Å². The molecule has 0 radical (unpaired) electrons. The van der Waals surface area contributed by atoms with E-state index < -0.39 is 11.7 Å². The second-order valence-electron chi connectivity index (χ2n) is 4.57. The highest BCUT2D eigenvalue weighted by molar-refractivity contribution is 6.06. The van der Waals surface area contributed by atoms with Gasteiger partial charge in [-0.15, -0.1) is 0 Å². The molecule has 2 rings (SSSR count). The van der Waals surface area contributed by atoms with Crippen LogP contribution in [0.25, 0.3) is 0 Å². The molecule has 20 heavy (non-hydrogen) atoms. The van der Waals surface area contributed by atoms with Gasteiger partial charge in [0.05, 0.1) is 5.56 Å². The molecular formula is C15H14FNO3. The Kier molecular flexibility index (Phi) is 3.61. The van der Waals surface area contributed by atoms with Crippen molar-refractivity contribution in [2.24, 2.45) is 0 Å². The summed E-state index contributed by atoms with van der Waals surface area (Å²) >= 11 is 0. The first-order valence-electron chi connectivity index (χ1n) is 5.98. The van der Waals surface area contributed by atoms with E-state index in [1.54, 1.807) is 19.9 Å². The maximum atomic E-state index is 13.1. The molecule has 0 aliphatic heterocycles. The van der Waals surface area contributed by atoms with E-state index in [0.717, 1.165) is 18.2 Å². The Morgan fingerprint density at radius 3 is 2.45 bits per heavy atom. The van der Waals surface area contributed by atoms with Crippen LogP contribution in [0.2, 0.25) is 0 Å². The van der Waals surface area contributed by atoms with Crippen molar-refractivity contribution in [3.63, 3.8) is 0 Å². The minimum Gasteiger partial charge on any atom is -0.508 e. The Balaban J connectivity index is 2.32. The van der Waals surface area contributed by atoms with Crippen LogP contribution < -0.4 is 5.32 Å². The number of rotatable bonds is 2. The standard InChI is InChI=1S/C15H14FNO3/c1-8-6-14(19)9(2)5-12(8)17-15(20)11-7-10(16)3-4-13(11)18/h3-7,18-19H,1-2H3,(H,17,20). The van der Waals surface area contributed by atoms with Crippen molar-refractivity contribution in [2.45, 2.75) is 13.8 Å². The summed E-state index contributed by atoms with van der Waals surface area (Å²) in [6, 6.07) is 6.30. The molecule has 2 aromatic rings. The van der Waals surface area contributed by atoms with E-state index in [0.29, 0.717) is 16.8 Å². The maximum absolute atomic E-state index is 13.1. The normalized spacial score (nSPS) is 10.3. The maximum Gasteiger partial charge on any atom is 0.259 e. The lowest BCUT2D eigenvalue weighted by Crippen LogP contribution is -2.13. The first-order valence-corrected chi connectivity index (χ1v) is 5.98. The van der Waals surface area contributed by atoms with Gasteiger partial charge in [-0.1, -0.05) is 0 Å². The molecule has 0 unspecified atom stereocenters. The minimum absolute atomic E-state index is 0.133. The number of aryl methyl sites for hydroxylation is 2. The molecule has 3 N–H and O–H groups in total. The summed E-state index contributed by atoms with van der Waals surface area (Å²) in [5, 5.41) is 21.7. The molecule has 0 aliphatic rings. The second kappa shape index (κ2) is 5.21. The van der Waals surface area contributed by atoms with Crippen LogP contribution in [-0.2, 0) is 0 Å². The van der Waals surface area contributed by atoms with Crippen molar-refractivity contribution in [1.29, 1.82) is 0 Å². The van der Waals surface area contributed by atoms with Gasteiger partial charge in [0, 0.05) is 5.69 Å². The van der Waals surface area contributed by atoms with E-state index in [1.807, 2.05) is 0 Å². The number of nitrogens with one attached hydrogen (secondary N) is 1. The van der Waals surface area contributed by atoms with Crippen molar-refractivity contribution < 1.29 is 19.4 Å². The van der Waals surface area contributed by atoms with E-state index in [4.69, 9.17) is 0 Å². The fraction of sp³-hybridized carbons (Fsp3) is 0.133. The number of phenols is 2. The van der Waals surface area contributed by atoms with Gasteiger partial charge in [0.2, 0.25) is 0 Å². The average molecular weight is 275 g/mol. The summed E-state index contributed by atoms with van der Waals surface area (Å²) < 4.78 is 13.1. The van der Waals surface area contributed by atoms with Gasteiger partial charge < -0.3 is 15.5 Å². The van der Waals surface area contributed by atoms with Crippen LogP contribution in [0.15, 0.2) is 30.3 Å². The molecule has 0 saturated carbocycles. The third-order valence-corrected chi connectivity index (χ3v) is 2.99. The molecule has 0 bridgehead atoms. The Morgan fingerprint density at radius 2 is 1.75 bits per heavy atom. The zero-order chi connectivity index (χ0) is 14.9. The number of amides is 1. The SMILES string of the molecule is Cc1cc(NC(=O)c2cc(F)ccc2O)c(C)cc1O. The van der Waals surface area contributed by atoms with Crippen LogP contribution in [0.3, 0.4) is 0 Å². The zero-order valence-corrected chi connectivity index (χ0v) is 11.1. The molecule has 0 aromatic heterocycles. The number of anilines is 1. The van der Waals surface area contributed by atoms with E-state index in [-0.39, 0.29) is 17.1 Å². The Labute approximate surface area is 115 Å². The van der Waals surface area contributed by atoms with Gasteiger partial charge in [-0.2, -0.15) is 0 Å². The van der Waals surface area contributed by atoms with E-state index >= 15 is 0 Å². The van der Waals surface area contributed by atoms with Crippen molar-refractivity contribution in [3.05, 3.63) is 52.8 Å². The third kappa shape index (κ3) is 2.71. The van der Waals surface area contributed by atoms with Gasteiger partial charge in [0.25, 0.3) is 5.91 Å². The monoisotopic (exact) mass is 275 g/mol. The molecule has 5 heteroatoms. The largest absolute Gasteiger partial charge is 0.508 e. The van der Waals surface area contributed by atoms with Crippen molar-refractivity contribution in [3.8, 4) is 11.5 Å². The highest BCUT2D eigenvalue weighted by Crippen LogP contribution is 2.26. The Bertz CT molecular complexity index is 683. The summed E-state index contributed by atoms with van der Waals surface area (Å²) in [5.74, 6) is -1.38. The summed E-state index contributed by atoms with van der Waals surface area (Å²) in [6.45, 7) is 3.42. The molecule has 104 valence electrons. The van der Waals surface area contributed by atoms with Gasteiger partial charge >= 0.3 is 0 Å². The number of aromatic hydroxyl groups is 2. The number of hydrogen-bond acceptors (Lipinski definition) is 3. The third-order valence-electron chi connectivity index (χ3n) is 2.99. The molecule has 2 aromatic carbocycles. The number of carbonyl (C=O) groups excluding carboxylic acids is 1. The van der Waals surface area contributed by atoms with Crippen molar-refractivity contribution in [2.75, 3.05) is 5.32 Å². The molecule has 0 spiro atoms. The summed E-state index contributed by atoms with van der Waals surface area (Å²) in [6.07, 6.45) is 0. The van der Waals surface area contributed by atoms with Crippen LogP contribution in [0.4, 0.5) is 10.1 Å². The molecule has 0 fully saturated rings. The summed E-state index contributed by atoms with van der Waals surface area (Å²) in [4.78, 5) is 12.0. The lowest BCUT2D eigenvalue weighted by molar-refractivity contribution is 0.102. The van der Waals surface area contributed by atoms with Crippen LogP contribution in [0, 0.1) is 19.7 Å². The van der Waals surface area contributed by atoms with Gasteiger partial charge in [-0.05, 0) is 55.3 Å². The van der Waals surface area contributed by atoms with Crippen molar-refractivity contribution >= 4 is 11.6 Å². The van der Waals surface area contributed by atoms with Gasteiger partial charge in [-0.3, -0.25) is 4.79 Å². The highest BCUT2D eigenvalue weighted by Gasteiger charge is 2.14. The van der Waals surface area contributed by atoms with E-state index in [9.17, 15) is 19.4 Å². The molecule has 0 saturated heterocycles. The summed E-state index contributed by atoms with van der Waals surface area (Å²) in [5.41, 5.74) is 1.62. The van der Waals surface area contributed by atoms with E-state index in [1.165, 1.54) is 6.07 Å². The number of phenolic OH excluding ortho intramolecular Hbond substituents is 2. The fourth-order valence-corrected chi connectivity index (χ4v) is 1.82. The Morgan fingerprint density at radius 1 is 1.05 bits per heavy atom. The molecular weight excluding hydrogens is 261 g/mol. The van der Waals surface area contributed by atoms with Gasteiger partial charge in [0.15, 0.2) is 0 Å². The van der Waals surface area contributed by atoms with E-state index in [2.05, 4.69) is 5.32 Å². The quantitative estimate of drug-likeness (QED) is 0.737. The number of hydrogen-bond donors (Lipinski definition) is 3. The lowest BCUT2D eigenvalue weighted by Gasteiger charge is -2.11. The fourth-order valence-electron chi connectivity index (χ4n) is 1.82. The first kappa shape index (κ1) is 13.9. The van der Waals surface area contributed by atoms with Crippen LogP contribution in [0.1, 0.15) is 21.5 Å². The molecule has 0 aliphatic carbocycles. The minimum atomic E-state index is -0.616. The molecule has 0 atom stereocenters. The predicted octanol–water partition coefficient (Wildman–Crippen LogP) is 3.11. The number of carbonyl (C=O) groups is 1. The van der Waals surface area contributed by atoms with Crippen LogP contribution >= 0.6 is 0 Å². The number of halogens is 1. The zero-order valence-electron chi connectivity index (χ0n) is 11.1. The molecule has 1 amide bonds. The molecule has 4 nitrogen and oxygen atoms in total. The molecule has 0 heterocycles. The number of benzene rings is 2. The topological polar surface area (TPSA) is 69.6 Å². The van der Waals surface area contributed by atoms with Crippen LogP contribution in [-0.4, -0.2) is 16.1 Å². The lowest BCUT2D eigenvalue weighted by atomic mass is 10.1. The second-order valence-corrected chi connectivity index (χ2v) is 4.57. The smallest absolute Gasteiger partial charge is 0.259 e. The first-order chi connectivity index (χ1) is 9.38. The van der Waals surface area contributed by atoms with Crippen LogP contribution in [0.5, 0.6) is 11.5 Å². The predicted molar refractivity (Wildman–Crippen MR) is 73.6 cm³/mol. The van der Waals surface area contributed by atoms with Gasteiger partial charge in [-0.25, -0.2) is 4.39 Å². The van der Waals surface area contributed by atoms with Gasteiger partial charge in [0.1, 0.15) is 17.3 Å². The summed E-state index contributed by atoms with van der Waals surface area (Å²) in [7, 11) is 0. The Hall–Kier alpha value is -2.56. The average Bonchev–Trinajstić information content (AvgIpc) is 2.38. The highest BCUT2D eigenvalue weighted by atomic mass is 19.1.